The third kappa shape index (κ3) is 0.896. The Bertz CT molecular complexity index is 199. The van der Waals surface area contributed by atoms with Crippen molar-refractivity contribution in [2.75, 3.05) is 0 Å². The van der Waals surface area contributed by atoms with Gasteiger partial charge in [0, 0.05) is 5.57 Å². The summed E-state index contributed by atoms with van der Waals surface area (Å²) in [6.45, 7) is 3.39. The summed E-state index contributed by atoms with van der Waals surface area (Å²) in [6, 6.07) is 0. The lowest BCUT2D eigenvalue weighted by atomic mass is 10.3. The van der Waals surface area contributed by atoms with Crippen LogP contribution in [0, 0.1) is 0 Å². The maximum absolute atomic E-state index is 10.7. The summed E-state index contributed by atoms with van der Waals surface area (Å²) in [5.74, 6) is -0.579. The molecule has 0 saturated carbocycles. The third-order valence-corrected chi connectivity index (χ3v) is 1.78. The van der Waals surface area contributed by atoms with Crippen LogP contribution >= 0.6 is 16.1 Å². The number of amides is 2. The molecule has 48 valence electrons. The number of hydrogen-bond acceptors (Lipinski definition) is 2. The Morgan fingerprint density at radius 2 is 2.11 bits per heavy atom. The number of nitrogens with zero attached hydrogens (tertiary/aromatic N) is 1. The Hall–Kier alpha value is -0.640. The first kappa shape index (κ1) is 6.48. The number of imide groups is 1. The molecule has 0 aromatic heterocycles. The van der Waals surface area contributed by atoms with E-state index >= 15 is 0 Å². The van der Waals surface area contributed by atoms with E-state index in [2.05, 4.69) is 22.7 Å². The summed E-state index contributed by atoms with van der Waals surface area (Å²) in [5.41, 5.74) is 0.344. The summed E-state index contributed by atoms with van der Waals surface area (Å²) in [4.78, 5) is 21.3. The molecule has 0 spiro atoms. The SMILES string of the molecule is C=C1CC(=O)N(Br)C1=O. The molecule has 3 nitrogen and oxygen atoms in total. The van der Waals surface area contributed by atoms with Gasteiger partial charge in [0.15, 0.2) is 0 Å². The summed E-state index contributed by atoms with van der Waals surface area (Å²) in [6.07, 6.45) is 0.143. The average molecular weight is 190 g/mol. The first-order valence-electron chi connectivity index (χ1n) is 2.34. The fraction of sp³-hybridized carbons (Fsp3) is 0.200. The van der Waals surface area contributed by atoms with Crippen molar-refractivity contribution in [3.8, 4) is 0 Å². The summed E-state index contributed by atoms with van der Waals surface area (Å²) < 4.78 is 0.898. The zero-order valence-corrected chi connectivity index (χ0v) is 6.14. The highest BCUT2D eigenvalue weighted by molar-refractivity contribution is 9.08. The van der Waals surface area contributed by atoms with E-state index in [0.29, 0.717) is 5.57 Å². The van der Waals surface area contributed by atoms with Crippen molar-refractivity contribution < 1.29 is 9.59 Å². The molecular formula is C5H4BrNO2. The zero-order chi connectivity index (χ0) is 7.02. The Labute approximate surface area is 60.7 Å². The molecule has 0 aliphatic carbocycles. The molecular weight excluding hydrogens is 186 g/mol. The molecule has 0 bridgehead atoms. The molecule has 1 heterocycles. The number of carbonyl (C=O) groups excluding carboxylic acids is 2. The smallest absolute Gasteiger partial charge is 0.266 e. The molecule has 1 rings (SSSR count). The second-order valence-corrected chi connectivity index (χ2v) is 2.47. The second kappa shape index (κ2) is 1.95. The largest absolute Gasteiger partial charge is 0.273 e. The van der Waals surface area contributed by atoms with Gasteiger partial charge in [-0.3, -0.25) is 9.59 Å². The van der Waals surface area contributed by atoms with Crippen LogP contribution in [0.2, 0.25) is 0 Å². The summed E-state index contributed by atoms with van der Waals surface area (Å²) in [7, 11) is 0. The molecule has 1 aliphatic rings. The number of halogens is 1. The van der Waals surface area contributed by atoms with Gasteiger partial charge in [-0.1, -0.05) is 6.58 Å². The highest BCUT2D eigenvalue weighted by atomic mass is 79.9. The normalized spacial score (nSPS) is 19.7. The second-order valence-electron chi connectivity index (χ2n) is 1.76. The van der Waals surface area contributed by atoms with Crippen LogP contribution in [0.4, 0.5) is 0 Å². The van der Waals surface area contributed by atoms with Crippen LogP contribution in [-0.4, -0.2) is 15.7 Å². The van der Waals surface area contributed by atoms with Crippen molar-refractivity contribution in [2.45, 2.75) is 6.42 Å². The van der Waals surface area contributed by atoms with Gasteiger partial charge in [-0.2, -0.15) is 0 Å². The van der Waals surface area contributed by atoms with Crippen LogP contribution in [0.3, 0.4) is 0 Å². The van der Waals surface area contributed by atoms with E-state index in [-0.39, 0.29) is 18.2 Å². The van der Waals surface area contributed by atoms with Crippen molar-refractivity contribution in [2.24, 2.45) is 0 Å². The van der Waals surface area contributed by atoms with Crippen molar-refractivity contribution in [1.82, 2.24) is 3.93 Å². The summed E-state index contributed by atoms with van der Waals surface area (Å²) in [5, 5.41) is 0. The third-order valence-electron chi connectivity index (χ3n) is 1.06. The van der Waals surface area contributed by atoms with Gasteiger partial charge in [0.25, 0.3) is 5.91 Å². The molecule has 0 aromatic carbocycles. The number of hydrogen-bond donors (Lipinski definition) is 0. The van der Waals surface area contributed by atoms with E-state index in [0.717, 1.165) is 3.93 Å². The molecule has 9 heavy (non-hydrogen) atoms. The number of rotatable bonds is 0. The molecule has 0 unspecified atom stereocenters. The van der Waals surface area contributed by atoms with Gasteiger partial charge in [0.2, 0.25) is 5.91 Å². The van der Waals surface area contributed by atoms with Crippen molar-refractivity contribution >= 4 is 28.0 Å². The number of carbonyl (C=O) groups is 2. The van der Waals surface area contributed by atoms with Crippen LogP contribution in [0.5, 0.6) is 0 Å². The minimum atomic E-state index is -0.333. The molecule has 1 fully saturated rings. The monoisotopic (exact) mass is 189 g/mol. The Morgan fingerprint density at radius 3 is 2.22 bits per heavy atom. The fourth-order valence-electron chi connectivity index (χ4n) is 0.580. The van der Waals surface area contributed by atoms with Gasteiger partial charge >= 0.3 is 0 Å². The Balaban J connectivity index is 2.90. The predicted octanol–water partition coefficient (Wildman–Crippen LogP) is 0.611. The van der Waals surface area contributed by atoms with Gasteiger partial charge < -0.3 is 0 Å². The topological polar surface area (TPSA) is 37.4 Å². The van der Waals surface area contributed by atoms with Gasteiger partial charge in [0.1, 0.15) is 0 Å². The minimum Gasteiger partial charge on any atom is -0.273 e. The van der Waals surface area contributed by atoms with Crippen LogP contribution in [-0.2, 0) is 9.59 Å². The van der Waals surface area contributed by atoms with E-state index in [4.69, 9.17) is 0 Å². The highest BCUT2D eigenvalue weighted by Gasteiger charge is 2.30. The molecule has 1 aliphatic heterocycles. The molecule has 2 amide bonds. The van der Waals surface area contributed by atoms with Crippen LogP contribution < -0.4 is 0 Å². The standard InChI is InChI=1S/C5H4BrNO2/c1-3-2-4(8)7(6)5(3)9/h1-2H2. The van der Waals surface area contributed by atoms with Gasteiger partial charge in [0.05, 0.1) is 22.6 Å². The lowest BCUT2D eigenvalue weighted by molar-refractivity contribution is -0.130. The molecule has 0 radical (unpaired) electrons. The van der Waals surface area contributed by atoms with E-state index in [1.165, 1.54) is 0 Å². The molecule has 4 heteroatoms. The van der Waals surface area contributed by atoms with Crippen LogP contribution in [0.25, 0.3) is 0 Å². The quantitative estimate of drug-likeness (QED) is 0.319. The van der Waals surface area contributed by atoms with Gasteiger partial charge in [-0.25, -0.2) is 3.93 Å². The lowest BCUT2D eigenvalue weighted by Crippen LogP contribution is -2.16. The average Bonchev–Trinajstić information content (AvgIpc) is 1.98. The van der Waals surface area contributed by atoms with Crippen molar-refractivity contribution in [3.63, 3.8) is 0 Å². The first-order chi connectivity index (χ1) is 4.13. The zero-order valence-electron chi connectivity index (χ0n) is 4.56. The van der Waals surface area contributed by atoms with Crippen LogP contribution in [0.15, 0.2) is 12.2 Å². The minimum absolute atomic E-state index is 0.143. The maximum atomic E-state index is 10.7. The molecule has 0 aromatic rings. The van der Waals surface area contributed by atoms with Gasteiger partial charge in [-0.15, -0.1) is 0 Å². The molecule has 1 saturated heterocycles. The highest BCUT2D eigenvalue weighted by Crippen LogP contribution is 2.19. The predicted molar refractivity (Wildman–Crippen MR) is 34.5 cm³/mol. The van der Waals surface area contributed by atoms with E-state index in [1.807, 2.05) is 0 Å². The van der Waals surface area contributed by atoms with E-state index < -0.39 is 0 Å². The van der Waals surface area contributed by atoms with Crippen molar-refractivity contribution in [3.05, 3.63) is 12.2 Å². The van der Waals surface area contributed by atoms with Gasteiger partial charge in [-0.05, 0) is 0 Å². The molecule has 0 N–H and O–H groups in total. The maximum Gasteiger partial charge on any atom is 0.266 e. The van der Waals surface area contributed by atoms with E-state index in [9.17, 15) is 9.59 Å². The van der Waals surface area contributed by atoms with E-state index in [1.54, 1.807) is 0 Å². The van der Waals surface area contributed by atoms with Crippen molar-refractivity contribution in [1.29, 1.82) is 0 Å². The Morgan fingerprint density at radius 1 is 1.56 bits per heavy atom. The lowest BCUT2D eigenvalue weighted by Gasteiger charge is -1.97. The Kier molecular flexibility index (Phi) is 1.40. The first-order valence-corrected chi connectivity index (χ1v) is 3.04. The summed E-state index contributed by atoms with van der Waals surface area (Å²) >= 11 is 2.78. The molecule has 0 atom stereocenters. The fourth-order valence-corrected chi connectivity index (χ4v) is 0.956. The van der Waals surface area contributed by atoms with Crippen LogP contribution in [0.1, 0.15) is 6.42 Å².